The first-order valence-corrected chi connectivity index (χ1v) is 7.40. The zero-order valence-electron chi connectivity index (χ0n) is 10.7. The van der Waals surface area contributed by atoms with E-state index >= 15 is 0 Å². The fraction of sp³-hybridized carbons (Fsp3) is 1.00. The van der Waals surface area contributed by atoms with Crippen LogP contribution in [-0.2, 0) is 0 Å². The molecule has 0 radical (unpaired) electrons. The molecule has 3 nitrogen and oxygen atoms in total. The highest BCUT2D eigenvalue weighted by atomic mass is 16.3. The summed E-state index contributed by atoms with van der Waals surface area (Å²) in [5.41, 5.74) is 6.18. The van der Waals surface area contributed by atoms with Crippen molar-refractivity contribution in [3.8, 4) is 0 Å². The maximum absolute atomic E-state index is 10.1. The van der Waals surface area contributed by atoms with E-state index in [0.29, 0.717) is 17.9 Å². The normalized spacial score (nSPS) is 37.8. The number of likely N-dealkylation sites (tertiary alicyclic amines) is 1. The quantitative estimate of drug-likeness (QED) is 0.777. The van der Waals surface area contributed by atoms with E-state index in [1.165, 1.54) is 38.6 Å². The SMILES string of the molecule is NC1CC(CC(O)C2CC2)CN(C2CCC2)C1. The lowest BCUT2D eigenvalue weighted by Crippen LogP contribution is -2.53. The van der Waals surface area contributed by atoms with Crippen molar-refractivity contribution in [2.45, 2.75) is 63.1 Å². The molecular weight excluding hydrogens is 212 g/mol. The van der Waals surface area contributed by atoms with Gasteiger partial charge in [0.25, 0.3) is 0 Å². The molecule has 1 aliphatic heterocycles. The van der Waals surface area contributed by atoms with E-state index in [4.69, 9.17) is 5.73 Å². The number of nitrogens with zero attached hydrogens (tertiary/aromatic N) is 1. The molecule has 3 rings (SSSR count). The minimum absolute atomic E-state index is 0.0476. The minimum Gasteiger partial charge on any atom is -0.393 e. The Hall–Kier alpha value is -0.120. The van der Waals surface area contributed by atoms with Crippen LogP contribution in [0.4, 0.5) is 0 Å². The molecule has 3 atom stereocenters. The summed E-state index contributed by atoms with van der Waals surface area (Å²) in [7, 11) is 0. The Kier molecular flexibility index (Phi) is 3.42. The molecule has 1 saturated heterocycles. The first-order valence-electron chi connectivity index (χ1n) is 7.40. The number of hydrogen-bond acceptors (Lipinski definition) is 3. The topological polar surface area (TPSA) is 49.5 Å². The van der Waals surface area contributed by atoms with Crippen LogP contribution in [0, 0.1) is 11.8 Å². The lowest BCUT2D eigenvalue weighted by atomic mass is 9.84. The third kappa shape index (κ3) is 2.83. The van der Waals surface area contributed by atoms with Gasteiger partial charge in [-0.15, -0.1) is 0 Å². The molecule has 3 aliphatic rings. The summed E-state index contributed by atoms with van der Waals surface area (Å²) in [6, 6.07) is 1.14. The molecule has 2 aliphatic carbocycles. The third-order valence-electron chi connectivity index (χ3n) is 4.93. The maximum Gasteiger partial charge on any atom is 0.0571 e. The molecule has 0 amide bonds. The number of aliphatic hydroxyl groups excluding tert-OH is 1. The summed E-state index contributed by atoms with van der Waals surface area (Å²) in [6.07, 6.45) is 8.67. The monoisotopic (exact) mass is 238 g/mol. The molecule has 2 saturated carbocycles. The average molecular weight is 238 g/mol. The summed E-state index contributed by atoms with van der Waals surface area (Å²) in [5.74, 6) is 1.25. The zero-order chi connectivity index (χ0) is 11.8. The molecule has 0 spiro atoms. The highest BCUT2D eigenvalue weighted by Crippen LogP contribution is 2.37. The van der Waals surface area contributed by atoms with E-state index in [2.05, 4.69) is 4.90 Å². The van der Waals surface area contributed by atoms with Gasteiger partial charge in [0.2, 0.25) is 0 Å². The smallest absolute Gasteiger partial charge is 0.0571 e. The van der Waals surface area contributed by atoms with Crippen molar-refractivity contribution in [2.75, 3.05) is 13.1 Å². The Morgan fingerprint density at radius 2 is 1.94 bits per heavy atom. The van der Waals surface area contributed by atoms with Crippen LogP contribution in [0.5, 0.6) is 0 Å². The molecule has 0 aromatic heterocycles. The molecule has 0 aromatic carbocycles. The Labute approximate surface area is 104 Å². The molecule has 1 heterocycles. The second-order valence-electron chi connectivity index (χ2n) is 6.54. The Balaban J connectivity index is 1.52. The van der Waals surface area contributed by atoms with Gasteiger partial charge in [-0.25, -0.2) is 0 Å². The summed E-state index contributed by atoms with van der Waals surface area (Å²) < 4.78 is 0. The van der Waals surface area contributed by atoms with Crippen molar-refractivity contribution in [1.29, 1.82) is 0 Å². The molecule has 0 aromatic rings. The Bertz CT molecular complexity index is 263. The lowest BCUT2D eigenvalue weighted by molar-refractivity contribution is 0.0400. The van der Waals surface area contributed by atoms with Crippen LogP contribution in [-0.4, -0.2) is 41.3 Å². The van der Waals surface area contributed by atoms with Crippen LogP contribution >= 0.6 is 0 Å². The van der Waals surface area contributed by atoms with Crippen LogP contribution in [0.2, 0.25) is 0 Å². The largest absolute Gasteiger partial charge is 0.393 e. The van der Waals surface area contributed by atoms with Crippen LogP contribution in [0.3, 0.4) is 0 Å². The molecule has 98 valence electrons. The van der Waals surface area contributed by atoms with Gasteiger partial charge in [-0.1, -0.05) is 6.42 Å². The van der Waals surface area contributed by atoms with Crippen molar-refractivity contribution >= 4 is 0 Å². The fourth-order valence-electron chi connectivity index (χ4n) is 3.52. The highest BCUT2D eigenvalue weighted by Gasteiger charge is 2.36. The average Bonchev–Trinajstić information content (AvgIpc) is 2.95. The summed E-state index contributed by atoms with van der Waals surface area (Å²) in [4.78, 5) is 2.60. The Morgan fingerprint density at radius 1 is 1.18 bits per heavy atom. The van der Waals surface area contributed by atoms with Gasteiger partial charge in [-0.05, 0) is 50.4 Å². The molecule has 3 fully saturated rings. The van der Waals surface area contributed by atoms with Gasteiger partial charge in [0.05, 0.1) is 6.10 Å². The number of rotatable bonds is 4. The fourth-order valence-corrected chi connectivity index (χ4v) is 3.52. The van der Waals surface area contributed by atoms with Crippen LogP contribution in [0.1, 0.15) is 44.9 Å². The maximum atomic E-state index is 10.1. The standard InChI is InChI=1S/C14H26N2O/c15-12-6-10(7-14(17)11-4-5-11)8-16(9-12)13-2-1-3-13/h10-14,17H,1-9,15H2. The molecule has 3 heteroatoms. The van der Waals surface area contributed by atoms with E-state index in [-0.39, 0.29) is 6.10 Å². The van der Waals surface area contributed by atoms with Crippen molar-refractivity contribution in [3.05, 3.63) is 0 Å². The van der Waals surface area contributed by atoms with Crippen molar-refractivity contribution in [2.24, 2.45) is 17.6 Å². The number of hydrogen-bond donors (Lipinski definition) is 2. The van der Waals surface area contributed by atoms with Crippen molar-refractivity contribution in [3.63, 3.8) is 0 Å². The van der Waals surface area contributed by atoms with E-state index in [1.807, 2.05) is 0 Å². The molecular formula is C14H26N2O. The van der Waals surface area contributed by atoms with Gasteiger partial charge in [0.1, 0.15) is 0 Å². The van der Waals surface area contributed by atoms with E-state index in [9.17, 15) is 5.11 Å². The zero-order valence-corrected chi connectivity index (χ0v) is 10.7. The van der Waals surface area contributed by atoms with Gasteiger partial charge in [0, 0.05) is 25.2 Å². The van der Waals surface area contributed by atoms with Gasteiger partial charge in [-0.2, -0.15) is 0 Å². The van der Waals surface area contributed by atoms with Gasteiger partial charge in [-0.3, -0.25) is 4.90 Å². The molecule has 0 bridgehead atoms. The summed E-state index contributed by atoms with van der Waals surface area (Å²) in [5, 5.41) is 10.1. The summed E-state index contributed by atoms with van der Waals surface area (Å²) in [6.45, 7) is 2.27. The van der Waals surface area contributed by atoms with Gasteiger partial charge >= 0.3 is 0 Å². The summed E-state index contributed by atoms with van der Waals surface area (Å²) >= 11 is 0. The second-order valence-corrected chi connectivity index (χ2v) is 6.54. The third-order valence-corrected chi connectivity index (χ3v) is 4.93. The van der Waals surface area contributed by atoms with Crippen LogP contribution < -0.4 is 5.73 Å². The van der Waals surface area contributed by atoms with E-state index in [0.717, 1.165) is 25.4 Å². The Morgan fingerprint density at radius 3 is 2.53 bits per heavy atom. The predicted octanol–water partition coefficient (Wildman–Crippen LogP) is 1.35. The minimum atomic E-state index is -0.0476. The van der Waals surface area contributed by atoms with Crippen LogP contribution in [0.25, 0.3) is 0 Å². The number of nitrogens with two attached hydrogens (primary N) is 1. The van der Waals surface area contributed by atoms with Crippen molar-refractivity contribution in [1.82, 2.24) is 4.90 Å². The number of piperidine rings is 1. The molecule has 3 N–H and O–H groups in total. The first kappa shape index (κ1) is 11.9. The van der Waals surface area contributed by atoms with Gasteiger partial charge in [0.15, 0.2) is 0 Å². The molecule has 3 unspecified atom stereocenters. The first-order chi connectivity index (χ1) is 8.22. The number of aliphatic hydroxyl groups is 1. The predicted molar refractivity (Wildman–Crippen MR) is 68.6 cm³/mol. The van der Waals surface area contributed by atoms with Crippen molar-refractivity contribution < 1.29 is 5.11 Å². The van der Waals surface area contributed by atoms with Crippen LogP contribution in [0.15, 0.2) is 0 Å². The van der Waals surface area contributed by atoms with E-state index in [1.54, 1.807) is 0 Å². The lowest BCUT2D eigenvalue weighted by Gasteiger charge is -2.44. The second kappa shape index (κ2) is 4.87. The van der Waals surface area contributed by atoms with E-state index < -0.39 is 0 Å². The van der Waals surface area contributed by atoms with Gasteiger partial charge < -0.3 is 10.8 Å². The highest BCUT2D eigenvalue weighted by molar-refractivity contribution is 4.91. The molecule has 17 heavy (non-hydrogen) atoms.